The van der Waals surface area contributed by atoms with Gasteiger partial charge in [-0.3, -0.25) is 4.79 Å². The minimum atomic E-state index is -0.554. The molecule has 5 heterocycles. The molecule has 0 aromatic carbocycles. The minimum absolute atomic E-state index is 0.0560. The van der Waals surface area contributed by atoms with E-state index in [4.69, 9.17) is 9.47 Å². The first-order valence-electron chi connectivity index (χ1n) is 9.83. The van der Waals surface area contributed by atoms with Crippen molar-refractivity contribution < 1.29 is 19.1 Å². The van der Waals surface area contributed by atoms with E-state index in [0.29, 0.717) is 19.6 Å². The number of hydrogen-bond acceptors (Lipinski definition) is 6. The number of rotatable bonds is 1. The highest BCUT2D eigenvalue weighted by Gasteiger charge is 2.46. The van der Waals surface area contributed by atoms with Gasteiger partial charge >= 0.3 is 6.09 Å². The van der Waals surface area contributed by atoms with Gasteiger partial charge in [0.05, 0.1) is 30.2 Å². The zero-order chi connectivity index (χ0) is 18.5. The summed E-state index contributed by atoms with van der Waals surface area (Å²) in [6, 6.07) is 2.08. The quantitative estimate of drug-likeness (QED) is 0.760. The molecule has 146 valence electrons. The summed E-state index contributed by atoms with van der Waals surface area (Å²) < 4.78 is 11.7. The van der Waals surface area contributed by atoms with Crippen molar-refractivity contribution in [2.24, 2.45) is 0 Å². The van der Waals surface area contributed by atoms with Crippen molar-refractivity contribution in [2.45, 2.75) is 43.3 Å². The lowest BCUT2D eigenvalue weighted by Crippen LogP contribution is -2.52. The number of nitrogens with one attached hydrogen (secondary N) is 2. The van der Waals surface area contributed by atoms with Crippen molar-refractivity contribution in [1.82, 2.24) is 15.5 Å². The van der Waals surface area contributed by atoms with Crippen LogP contribution in [0.5, 0.6) is 0 Å². The Morgan fingerprint density at radius 2 is 2.11 bits per heavy atom. The third-order valence-electron chi connectivity index (χ3n) is 6.32. The van der Waals surface area contributed by atoms with Gasteiger partial charge in [0, 0.05) is 17.8 Å². The van der Waals surface area contributed by atoms with Crippen molar-refractivity contribution in [3.8, 4) is 0 Å². The molecule has 1 unspecified atom stereocenters. The fourth-order valence-corrected chi connectivity index (χ4v) is 6.12. The molecule has 2 N–H and O–H groups in total. The van der Waals surface area contributed by atoms with Crippen LogP contribution in [-0.2, 0) is 21.5 Å². The molecule has 8 heteroatoms. The van der Waals surface area contributed by atoms with Crippen LogP contribution >= 0.6 is 11.3 Å². The number of carbonyl (C=O) groups is 2. The van der Waals surface area contributed by atoms with Gasteiger partial charge in [-0.25, -0.2) is 4.79 Å². The lowest BCUT2D eigenvalue weighted by atomic mass is 9.83. The van der Waals surface area contributed by atoms with Crippen molar-refractivity contribution in [3.05, 3.63) is 21.4 Å². The van der Waals surface area contributed by atoms with Crippen LogP contribution in [-0.4, -0.2) is 61.8 Å². The molecule has 4 aliphatic heterocycles. The molecule has 0 saturated carbocycles. The van der Waals surface area contributed by atoms with Gasteiger partial charge in [-0.15, -0.1) is 11.3 Å². The third-order valence-corrected chi connectivity index (χ3v) is 7.50. The summed E-state index contributed by atoms with van der Waals surface area (Å²) in [5.74, 6) is 0.0560. The van der Waals surface area contributed by atoms with Crippen molar-refractivity contribution in [3.63, 3.8) is 0 Å². The average Bonchev–Trinajstić information content (AvgIpc) is 3.27. The highest BCUT2D eigenvalue weighted by atomic mass is 32.1. The molecule has 5 rings (SSSR count). The Kier molecular flexibility index (Phi) is 4.18. The second-order valence-electron chi connectivity index (χ2n) is 8.05. The summed E-state index contributed by atoms with van der Waals surface area (Å²) in [7, 11) is 0. The molecule has 0 radical (unpaired) electrons. The number of ether oxygens (including phenoxy) is 2. The molecule has 27 heavy (non-hydrogen) atoms. The van der Waals surface area contributed by atoms with Crippen molar-refractivity contribution in [2.75, 3.05) is 39.3 Å². The summed E-state index contributed by atoms with van der Waals surface area (Å²) in [4.78, 5) is 28.7. The number of amides is 2. The molecule has 0 bridgehead atoms. The van der Waals surface area contributed by atoms with Crippen LogP contribution in [0.2, 0.25) is 0 Å². The van der Waals surface area contributed by atoms with Crippen molar-refractivity contribution >= 4 is 23.3 Å². The molecule has 1 atom stereocenters. The van der Waals surface area contributed by atoms with Crippen molar-refractivity contribution in [1.29, 1.82) is 0 Å². The van der Waals surface area contributed by atoms with E-state index in [-0.39, 0.29) is 17.6 Å². The van der Waals surface area contributed by atoms with E-state index in [9.17, 15) is 9.59 Å². The first-order chi connectivity index (χ1) is 13.1. The molecule has 2 amide bonds. The summed E-state index contributed by atoms with van der Waals surface area (Å²) in [5, 5.41) is 6.14. The highest BCUT2D eigenvalue weighted by Crippen LogP contribution is 2.44. The lowest BCUT2D eigenvalue weighted by molar-refractivity contribution is -0.0792. The molecule has 3 fully saturated rings. The first-order valence-corrected chi connectivity index (χ1v) is 10.6. The van der Waals surface area contributed by atoms with Gasteiger partial charge in [-0.1, -0.05) is 0 Å². The normalized spacial score (nSPS) is 29.5. The SMILES string of the molecule is O=C1NCC2(CCCN(C(=O)c3cc4c(s3)CCOC43CCNCC3)C2)O1. The Morgan fingerprint density at radius 1 is 1.26 bits per heavy atom. The molecule has 3 saturated heterocycles. The van der Waals surface area contributed by atoms with E-state index in [1.54, 1.807) is 11.3 Å². The van der Waals surface area contributed by atoms with E-state index < -0.39 is 5.60 Å². The van der Waals surface area contributed by atoms with Gasteiger partial charge < -0.3 is 25.0 Å². The van der Waals surface area contributed by atoms with Crippen LogP contribution in [0.25, 0.3) is 0 Å². The Balaban J connectivity index is 1.39. The second kappa shape index (κ2) is 6.46. The molecular weight excluding hydrogens is 366 g/mol. The number of hydrogen-bond donors (Lipinski definition) is 2. The van der Waals surface area contributed by atoms with Gasteiger partial charge in [0.25, 0.3) is 5.91 Å². The van der Waals surface area contributed by atoms with E-state index in [1.165, 1.54) is 10.4 Å². The predicted octanol–water partition coefficient (Wildman–Crippen LogP) is 1.61. The number of thiophene rings is 1. The fourth-order valence-electron chi connectivity index (χ4n) is 4.92. The summed E-state index contributed by atoms with van der Waals surface area (Å²) >= 11 is 1.62. The fraction of sp³-hybridized carbons (Fsp3) is 0.684. The van der Waals surface area contributed by atoms with Gasteiger partial charge in [0.1, 0.15) is 5.60 Å². The number of likely N-dealkylation sites (tertiary alicyclic amines) is 1. The van der Waals surface area contributed by atoms with E-state index in [0.717, 1.165) is 56.7 Å². The zero-order valence-corrected chi connectivity index (χ0v) is 16.2. The standard InChI is InChI=1S/C19H25N3O4S/c23-16(22-8-1-3-18(12-22)11-21-17(24)26-18)15-10-13-14(27-15)2-9-25-19(13)4-6-20-7-5-19/h10,20H,1-9,11-12H2,(H,21,24). The van der Waals surface area contributed by atoms with Crippen LogP contribution in [0.15, 0.2) is 6.07 Å². The first kappa shape index (κ1) is 17.5. The molecule has 7 nitrogen and oxygen atoms in total. The number of nitrogens with zero attached hydrogens (tertiary/aromatic N) is 1. The minimum Gasteiger partial charge on any atom is -0.439 e. The highest BCUT2D eigenvalue weighted by molar-refractivity contribution is 7.14. The number of alkyl carbamates (subject to hydrolysis) is 1. The lowest BCUT2D eigenvalue weighted by Gasteiger charge is -2.40. The molecule has 4 aliphatic rings. The molecule has 1 aromatic rings. The summed E-state index contributed by atoms with van der Waals surface area (Å²) in [6.07, 6.45) is 4.08. The average molecular weight is 391 g/mol. The Morgan fingerprint density at radius 3 is 2.89 bits per heavy atom. The largest absolute Gasteiger partial charge is 0.439 e. The van der Waals surface area contributed by atoms with E-state index in [1.807, 2.05) is 4.90 Å². The molecule has 0 aliphatic carbocycles. The van der Waals surface area contributed by atoms with Gasteiger partial charge in [-0.2, -0.15) is 0 Å². The maximum absolute atomic E-state index is 13.2. The molecule has 2 spiro atoms. The second-order valence-corrected chi connectivity index (χ2v) is 9.18. The van der Waals surface area contributed by atoms with E-state index in [2.05, 4.69) is 16.7 Å². The zero-order valence-electron chi connectivity index (χ0n) is 15.3. The Hall–Kier alpha value is -1.64. The smallest absolute Gasteiger partial charge is 0.407 e. The molecular formula is C19H25N3O4S. The van der Waals surface area contributed by atoms with E-state index >= 15 is 0 Å². The Labute approximate surface area is 162 Å². The number of carbonyl (C=O) groups excluding carboxylic acids is 2. The topological polar surface area (TPSA) is 79.9 Å². The van der Waals surface area contributed by atoms with Crippen LogP contribution in [0, 0.1) is 0 Å². The number of piperidine rings is 2. The Bertz CT molecular complexity index is 773. The van der Waals surface area contributed by atoms with Crippen LogP contribution in [0.4, 0.5) is 4.79 Å². The third kappa shape index (κ3) is 2.94. The van der Waals surface area contributed by atoms with Crippen LogP contribution in [0.3, 0.4) is 0 Å². The van der Waals surface area contributed by atoms with Gasteiger partial charge in [0.2, 0.25) is 0 Å². The maximum Gasteiger partial charge on any atom is 0.407 e. The number of fused-ring (bicyclic) bond motifs is 2. The monoisotopic (exact) mass is 391 g/mol. The maximum atomic E-state index is 13.2. The van der Waals surface area contributed by atoms with Crippen LogP contribution in [0.1, 0.15) is 45.8 Å². The van der Waals surface area contributed by atoms with Gasteiger partial charge in [-0.05, 0) is 50.4 Å². The van der Waals surface area contributed by atoms with Crippen LogP contribution < -0.4 is 10.6 Å². The molecule has 1 aromatic heterocycles. The summed E-state index contributed by atoms with van der Waals surface area (Å²) in [5.41, 5.74) is 0.452. The van der Waals surface area contributed by atoms with Gasteiger partial charge in [0.15, 0.2) is 0 Å². The predicted molar refractivity (Wildman–Crippen MR) is 100 cm³/mol. The summed E-state index contributed by atoms with van der Waals surface area (Å²) in [6.45, 7) is 4.30.